The molecule has 0 amide bonds. The van der Waals surface area contributed by atoms with E-state index < -0.39 is 0 Å². The monoisotopic (exact) mass is 455 g/mol. The SMILES string of the molecule is CC(C)Nc1cncc(C2C=c3c(-c4nc5c(C6CC=CS6)cncc5[nH]4)n[nH]c3=CC2)c1. The second kappa shape index (κ2) is 8.19. The van der Waals surface area contributed by atoms with Crippen LogP contribution in [0.1, 0.15) is 49.0 Å². The summed E-state index contributed by atoms with van der Waals surface area (Å²) in [6.45, 7) is 4.26. The summed E-state index contributed by atoms with van der Waals surface area (Å²) < 4.78 is 0. The lowest BCUT2D eigenvalue weighted by molar-refractivity contribution is 0.883. The van der Waals surface area contributed by atoms with E-state index >= 15 is 0 Å². The molecule has 7 nitrogen and oxygen atoms in total. The topological polar surface area (TPSA) is 95.2 Å². The molecule has 0 saturated heterocycles. The molecule has 0 spiro atoms. The molecule has 1 aliphatic carbocycles. The molecule has 0 aromatic carbocycles. The fraction of sp³-hybridized carbons (Fsp3) is 0.280. The summed E-state index contributed by atoms with van der Waals surface area (Å²) in [5.41, 5.74) is 6.17. The molecule has 1 aliphatic heterocycles. The molecular formula is C25H25N7S. The van der Waals surface area contributed by atoms with Crippen LogP contribution >= 0.6 is 11.8 Å². The van der Waals surface area contributed by atoms with Crippen molar-refractivity contribution in [2.75, 3.05) is 5.32 Å². The van der Waals surface area contributed by atoms with E-state index in [0.717, 1.165) is 51.6 Å². The average molecular weight is 456 g/mol. The van der Waals surface area contributed by atoms with Crippen LogP contribution in [0, 0.1) is 0 Å². The lowest BCUT2D eigenvalue weighted by Gasteiger charge is -2.16. The third-order valence-corrected chi connectivity index (χ3v) is 7.23. The number of nitrogens with zero attached hydrogens (tertiary/aromatic N) is 4. The number of thioether (sulfide) groups is 1. The van der Waals surface area contributed by atoms with E-state index in [-0.39, 0.29) is 5.92 Å². The van der Waals surface area contributed by atoms with Crippen LogP contribution in [0.15, 0.2) is 42.3 Å². The summed E-state index contributed by atoms with van der Waals surface area (Å²) in [6.07, 6.45) is 16.2. The standard InChI is InChI=1S/C25H25N7S/c1-14(2)28-17-8-16(10-26-11-17)15-5-6-20-18(9-15)24(32-31-20)25-29-21-13-27-12-19(23(21)30-25)22-4-3-7-33-22/h3,6-15,22,28,31H,4-5H2,1-2H3,(H,29,30). The molecular weight excluding hydrogens is 430 g/mol. The number of imidazole rings is 1. The van der Waals surface area contributed by atoms with Gasteiger partial charge in [-0.05, 0) is 43.7 Å². The van der Waals surface area contributed by atoms with Crippen molar-refractivity contribution in [3.8, 4) is 11.5 Å². The predicted molar refractivity (Wildman–Crippen MR) is 134 cm³/mol. The van der Waals surface area contributed by atoms with Crippen LogP contribution in [0.25, 0.3) is 34.7 Å². The second-order valence-electron chi connectivity index (χ2n) is 8.86. The summed E-state index contributed by atoms with van der Waals surface area (Å²) in [4.78, 5) is 17.3. The van der Waals surface area contributed by atoms with Gasteiger partial charge >= 0.3 is 0 Å². The lowest BCUT2D eigenvalue weighted by Crippen LogP contribution is -2.28. The molecule has 2 atom stereocenters. The van der Waals surface area contributed by atoms with E-state index in [1.165, 1.54) is 11.1 Å². The van der Waals surface area contributed by atoms with Crippen LogP contribution in [0.2, 0.25) is 0 Å². The van der Waals surface area contributed by atoms with Gasteiger partial charge in [-0.1, -0.05) is 18.2 Å². The Hall–Kier alpha value is -3.39. The highest BCUT2D eigenvalue weighted by Gasteiger charge is 2.21. The molecule has 0 radical (unpaired) electrons. The molecule has 2 unspecified atom stereocenters. The van der Waals surface area contributed by atoms with E-state index in [0.29, 0.717) is 11.3 Å². The Morgan fingerprint density at radius 3 is 2.88 bits per heavy atom. The van der Waals surface area contributed by atoms with Crippen LogP contribution in [-0.4, -0.2) is 36.2 Å². The van der Waals surface area contributed by atoms with Gasteiger partial charge in [-0.2, -0.15) is 5.10 Å². The van der Waals surface area contributed by atoms with Gasteiger partial charge in [0, 0.05) is 46.6 Å². The Morgan fingerprint density at radius 2 is 2.03 bits per heavy atom. The van der Waals surface area contributed by atoms with Crippen LogP contribution < -0.4 is 15.9 Å². The first-order chi connectivity index (χ1) is 16.2. The zero-order chi connectivity index (χ0) is 22.4. The minimum atomic E-state index is 0.234. The summed E-state index contributed by atoms with van der Waals surface area (Å²) in [6, 6.07) is 2.56. The fourth-order valence-electron chi connectivity index (χ4n) is 4.57. The Kier molecular flexibility index (Phi) is 5.02. The molecule has 4 aromatic heterocycles. The van der Waals surface area contributed by atoms with Crippen LogP contribution in [-0.2, 0) is 0 Å². The predicted octanol–water partition coefficient (Wildman–Crippen LogP) is 4.00. The number of aromatic amines is 2. The van der Waals surface area contributed by atoms with Gasteiger partial charge in [-0.25, -0.2) is 4.98 Å². The van der Waals surface area contributed by atoms with E-state index in [4.69, 9.17) is 4.98 Å². The van der Waals surface area contributed by atoms with E-state index in [1.54, 1.807) is 0 Å². The number of rotatable bonds is 5. The fourth-order valence-corrected chi connectivity index (χ4v) is 5.53. The third-order valence-electron chi connectivity index (χ3n) is 6.10. The Bertz CT molecular complexity index is 1470. The van der Waals surface area contributed by atoms with Gasteiger partial charge in [-0.15, -0.1) is 11.8 Å². The van der Waals surface area contributed by atoms with Crippen LogP contribution in [0.5, 0.6) is 0 Å². The summed E-state index contributed by atoms with van der Waals surface area (Å²) >= 11 is 1.82. The van der Waals surface area contributed by atoms with E-state index in [9.17, 15) is 0 Å². The van der Waals surface area contributed by atoms with Gasteiger partial charge in [0.15, 0.2) is 5.82 Å². The van der Waals surface area contributed by atoms with Crippen molar-refractivity contribution in [1.82, 2.24) is 30.1 Å². The normalized spacial score (nSPS) is 19.5. The smallest absolute Gasteiger partial charge is 0.159 e. The number of nitrogens with one attached hydrogen (secondary N) is 3. The molecule has 4 aromatic rings. The molecule has 0 bridgehead atoms. The minimum absolute atomic E-state index is 0.234. The van der Waals surface area contributed by atoms with Gasteiger partial charge < -0.3 is 10.3 Å². The first-order valence-corrected chi connectivity index (χ1v) is 12.2. The van der Waals surface area contributed by atoms with Crippen molar-refractivity contribution >= 4 is 40.6 Å². The highest BCUT2D eigenvalue weighted by Crippen LogP contribution is 2.40. The molecule has 0 fully saturated rings. The molecule has 33 heavy (non-hydrogen) atoms. The number of H-pyrrole nitrogens is 2. The van der Waals surface area contributed by atoms with Crippen molar-refractivity contribution < 1.29 is 0 Å². The van der Waals surface area contributed by atoms with Gasteiger partial charge in [-0.3, -0.25) is 15.1 Å². The Balaban J connectivity index is 1.40. The number of anilines is 1. The van der Waals surface area contributed by atoms with Crippen molar-refractivity contribution in [2.45, 2.75) is 43.9 Å². The van der Waals surface area contributed by atoms with Gasteiger partial charge in [0.05, 0.1) is 28.3 Å². The number of fused-ring (bicyclic) bond motifs is 2. The van der Waals surface area contributed by atoms with Crippen LogP contribution in [0.4, 0.5) is 5.69 Å². The molecule has 6 rings (SSSR count). The maximum atomic E-state index is 4.98. The quantitative estimate of drug-likeness (QED) is 0.421. The van der Waals surface area contributed by atoms with Crippen LogP contribution in [0.3, 0.4) is 0 Å². The molecule has 166 valence electrons. The van der Waals surface area contributed by atoms with Gasteiger partial charge in [0.25, 0.3) is 0 Å². The molecule has 5 heterocycles. The second-order valence-corrected chi connectivity index (χ2v) is 9.97. The van der Waals surface area contributed by atoms with Gasteiger partial charge in [0.1, 0.15) is 5.69 Å². The van der Waals surface area contributed by atoms with E-state index in [1.807, 2.05) is 36.5 Å². The van der Waals surface area contributed by atoms with Crippen molar-refractivity contribution in [2.24, 2.45) is 0 Å². The number of allylic oxidation sites excluding steroid dienone is 1. The first-order valence-electron chi connectivity index (χ1n) is 11.3. The Morgan fingerprint density at radius 1 is 1.12 bits per heavy atom. The Labute approximate surface area is 195 Å². The maximum Gasteiger partial charge on any atom is 0.159 e. The lowest BCUT2D eigenvalue weighted by atomic mass is 9.92. The van der Waals surface area contributed by atoms with Crippen molar-refractivity contribution in [3.63, 3.8) is 0 Å². The highest BCUT2D eigenvalue weighted by atomic mass is 32.2. The number of hydrogen-bond donors (Lipinski definition) is 3. The summed E-state index contributed by atoms with van der Waals surface area (Å²) in [5, 5.41) is 15.9. The number of hydrogen-bond acceptors (Lipinski definition) is 6. The minimum Gasteiger partial charge on any atom is -0.382 e. The number of aromatic nitrogens is 6. The molecule has 2 aliphatic rings. The average Bonchev–Trinajstić information content (AvgIpc) is 3.57. The van der Waals surface area contributed by atoms with E-state index in [2.05, 4.69) is 74.0 Å². The molecule has 8 heteroatoms. The number of pyridine rings is 2. The summed E-state index contributed by atoms with van der Waals surface area (Å²) in [5.74, 6) is 1.00. The summed E-state index contributed by atoms with van der Waals surface area (Å²) in [7, 11) is 0. The zero-order valence-electron chi connectivity index (χ0n) is 18.5. The van der Waals surface area contributed by atoms with Gasteiger partial charge in [0.2, 0.25) is 0 Å². The van der Waals surface area contributed by atoms with Crippen molar-refractivity contribution in [3.05, 3.63) is 64.0 Å². The maximum absolute atomic E-state index is 4.98. The molecule has 0 saturated carbocycles. The third kappa shape index (κ3) is 3.74. The molecule has 3 N–H and O–H groups in total. The zero-order valence-corrected chi connectivity index (χ0v) is 19.4. The van der Waals surface area contributed by atoms with Crippen molar-refractivity contribution in [1.29, 1.82) is 0 Å². The first kappa shape index (κ1) is 20.2. The largest absolute Gasteiger partial charge is 0.382 e. The highest BCUT2D eigenvalue weighted by molar-refractivity contribution is 8.02.